The van der Waals surface area contributed by atoms with Crippen LogP contribution in [0.3, 0.4) is 0 Å². The maximum atomic E-state index is 5.72. The molecule has 0 N–H and O–H groups in total. The second kappa shape index (κ2) is 7.72. The van der Waals surface area contributed by atoms with E-state index in [4.69, 9.17) is 4.74 Å². The Balaban J connectivity index is 2.55. The average molecular weight is 230 g/mol. The summed E-state index contributed by atoms with van der Waals surface area (Å²) in [6.45, 7) is 6.36. The highest BCUT2D eigenvalue weighted by Crippen LogP contribution is 2.08. The first kappa shape index (κ1) is 13.6. The lowest BCUT2D eigenvalue weighted by molar-refractivity contribution is 0.181. The van der Waals surface area contributed by atoms with Gasteiger partial charge in [0.2, 0.25) is 0 Å². The van der Waals surface area contributed by atoms with Crippen molar-refractivity contribution >= 4 is 6.08 Å². The fourth-order valence-electron chi connectivity index (χ4n) is 1.35. The summed E-state index contributed by atoms with van der Waals surface area (Å²) in [6.07, 6.45) is 8.30. The van der Waals surface area contributed by atoms with E-state index in [1.54, 1.807) is 0 Å². The van der Waals surface area contributed by atoms with Gasteiger partial charge in [0.25, 0.3) is 0 Å². The van der Waals surface area contributed by atoms with Gasteiger partial charge in [0, 0.05) is 0 Å². The molecule has 0 fully saturated rings. The predicted molar refractivity (Wildman–Crippen MR) is 74.7 cm³/mol. The highest BCUT2D eigenvalue weighted by molar-refractivity contribution is 5.49. The first-order chi connectivity index (χ1) is 8.26. The van der Waals surface area contributed by atoms with Gasteiger partial charge in [0.15, 0.2) is 0 Å². The zero-order valence-electron chi connectivity index (χ0n) is 11.0. The van der Waals surface area contributed by atoms with Gasteiger partial charge in [-0.15, -0.1) is 0 Å². The number of hydrogen-bond acceptors (Lipinski definition) is 1. The van der Waals surface area contributed by atoms with Gasteiger partial charge < -0.3 is 4.74 Å². The Morgan fingerprint density at radius 3 is 2.53 bits per heavy atom. The smallest absolute Gasteiger partial charge is 0.116 e. The SMILES string of the molecule is CC/C(C)=C/OC(/C=C/c1ccccc1)CC. The quantitative estimate of drug-likeness (QED) is 0.637. The van der Waals surface area contributed by atoms with Gasteiger partial charge in [-0.1, -0.05) is 50.3 Å². The van der Waals surface area contributed by atoms with Crippen molar-refractivity contribution in [2.75, 3.05) is 0 Å². The molecule has 0 bridgehead atoms. The van der Waals surface area contributed by atoms with Crippen molar-refractivity contribution in [1.82, 2.24) is 0 Å². The minimum absolute atomic E-state index is 0.164. The number of benzene rings is 1. The molecule has 0 aliphatic rings. The summed E-state index contributed by atoms with van der Waals surface area (Å²) in [4.78, 5) is 0. The minimum atomic E-state index is 0.164. The zero-order valence-corrected chi connectivity index (χ0v) is 11.0. The van der Waals surface area contributed by atoms with Crippen LogP contribution in [0.2, 0.25) is 0 Å². The molecule has 0 saturated heterocycles. The topological polar surface area (TPSA) is 9.23 Å². The molecule has 0 radical (unpaired) electrons. The molecule has 17 heavy (non-hydrogen) atoms. The molecule has 1 aromatic carbocycles. The summed E-state index contributed by atoms with van der Waals surface area (Å²) >= 11 is 0. The standard InChI is InChI=1S/C16H22O/c1-4-14(3)13-17-16(5-2)12-11-15-9-7-6-8-10-15/h6-13,16H,4-5H2,1-3H3/b12-11+,14-13+. The van der Waals surface area contributed by atoms with Crippen molar-refractivity contribution in [2.24, 2.45) is 0 Å². The second-order valence-corrected chi connectivity index (χ2v) is 4.17. The van der Waals surface area contributed by atoms with E-state index in [1.807, 2.05) is 24.5 Å². The van der Waals surface area contributed by atoms with Gasteiger partial charge in [-0.2, -0.15) is 0 Å². The molecule has 0 amide bonds. The maximum Gasteiger partial charge on any atom is 0.116 e. The van der Waals surface area contributed by atoms with E-state index >= 15 is 0 Å². The van der Waals surface area contributed by atoms with Crippen LogP contribution in [0.4, 0.5) is 0 Å². The van der Waals surface area contributed by atoms with Gasteiger partial charge in [0.1, 0.15) is 6.10 Å². The molecular formula is C16H22O. The Bertz CT molecular complexity index is 362. The highest BCUT2D eigenvalue weighted by Gasteiger charge is 1.99. The van der Waals surface area contributed by atoms with Crippen LogP contribution in [0.5, 0.6) is 0 Å². The lowest BCUT2D eigenvalue weighted by atomic mass is 10.1. The first-order valence-electron chi connectivity index (χ1n) is 6.30. The van der Waals surface area contributed by atoms with Crippen molar-refractivity contribution in [3.63, 3.8) is 0 Å². The van der Waals surface area contributed by atoms with Crippen molar-refractivity contribution in [2.45, 2.75) is 39.7 Å². The summed E-state index contributed by atoms with van der Waals surface area (Å²) in [6, 6.07) is 10.3. The van der Waals surface area contributed by atoms with E-state index in [0.29, 0.717) is 0 Å². The normalized spacial score (nSPS) is 13.9. The molecular weight excluding hydrogens is 208 g/mol. The Morgan fingerprint density at radius 2 is 1.94 bits per heavy atom. The lowest BCUT2D eigenvalue weighted by Gasteiger charge is -2.10. The lowest BCUT2D eigenvalue weighted by Crippen LogP contribution is -2.03. The number of rotatable bonds is 6. The second-order valence-electron chi connectivity index (χ2n) is 4.17. The van der Waals surface area contributed by atoms with Crippen LogP contribution in [0, 0.1) is 0 Å². The molecule has 0 aliphatic heterocycles. The summed E-state index contributed by atoms with van der Waals surface area (Å²) < 4.78 is 5.72. The van der Waals surface area contributed by atoms with Gasteiger partial charge >= 0.3 is 0 Å². The van der Waals surface area contributed by atoms with Crippen molar-refractivity contribution in [3.8, 4) is 0 Å². The monoisotopic (exact) mass is 230 g/mol. The summed E-state index contributed by atoms with van der Waals surface area (Å²) in [7, 11) is 0. The molecule has 1 unspecified atom stereocenters. The Hall–Kier alpha value is -1.50. The molecule has 1 heteroatoms. The third-order valence-corrected chi connectivity index (χ3v) is 2.71. The van der Waals surface area contributed by atoms with E-state index in [0.717, 1.165) is 12.8 Å². The summed E-state index contributed by atoms with van der Waals surface area (Å²) in [5, 5.41) is 0. The Labute approximate surface area is 105 Å². The van der Waals surface area contributed by atoms with E-state index in [1.165, 1.54) is 11.1 Å². The van der Waals surface area contributed by atoms with Crippen LogP contribution in [-0.4, -0.2) is 6.10 Å². The number of allylic oxidation sites excluding steroid dienone is 1. The Morgan fingerprint density at radius 1 is 1.24 bits per heavy atom. The molecule has 1 atom stereocenters. The van der Waals surface area contributed by atoms with E-state index in [9.17, 15) is 0 Å². The molecule has 1 nitrogen and oxygen atoms in total. The molecule has 92 valence electrons. The molecule has 0 aromatic heterocycles. The maximum absolute atomic E-state index is 5.72. The fourth-order valence-corrected chi connectivity index (χ4v) is 1.35. The van der Waals surface area contributed by atoms with Gasteiger partial charge in [-0.05, 0) is 37.0 Å². The molecule has 1 rings (SSSR count). The van der Waals surface area contributed by atoms with Crippen molar-refractivity contribution in [1.29, 1.82) is 0 Å². The van der Waals surface area contributed by atoms with Crippen LogP contribution in [0.1, 0.15) is 39.2 Å². The van der Waals surface area contributed by atoms with Gasteiger partial charge in [-0.3, -0.25) is 0 Å². The number of hydrogen-bond donors (Lipinski definition) is 0. The van der Waals surface area contributed by atoms with Crippen LogP contribution in [0.25, 0.3) is 6.08 Å². The van der Waals surface area contributed by atoms with E-state index in [-0.39, 0.29) is 6.10 Å². The van der Waals surface area contributed by atoms with Crippen LogP contribution >= 0.6 is 0 Å². The predicted octanol–water partition coefficient (Wildman–Crippen LogP) is 4.81. The van der Waals surface area contributed by atoms with Crippen LogP contribution < -0.4 is 0 Å². The first-order valence-corrected chi connectivity index (χ1v) is 6.30. The number of ether oxygens (including phenoxy) is 1. The minimum Gasteiger partial charge on any atom is -0.494 e. The van der Waals surface area contributed by atoms with Gasteiger partial charge in [0.05, 0.1) is 6.26 Å². The van der Waals surface area contributed by atoms with Crippen molar-refractivity contribution in [3.05, 3.63) is 53.8 Å². The van der Waals surface area contributed by atoms with Crippen molar-refractivity contribution < 1.29 is 4.74 Å². The fraction of sp³-hybridized carbons (Fsp3) is 0.375. The highest BCUT2D eigenvalue weighted by atomic mass is 16.5. The zero-order chi connectivity index (χ0) is 12.5. The molecule has 0 saturated carbocycles. The third kappa shape index (κ3) is 5.39. The largest absolute Gasteiger partial charge is 0.494 e. The molecule has 1 aromatic rings. The Kier molecular flexibility index (Phi) is 6.16. The van der Waals surface area contributed by atoms with Crippen LogP contribution in [-0.2, 0) is 4.74 Å². The summed E-state index contributed by atoms with van der Waals surface area (Å²) in [5.74, 6) is 0. The van der Waals surface area contributed by atoms with E-state index in [2.05, 4.69) is 45.1 Å². The van der Waals surface area contributed by atoms with Crippen LogP contribution in [0.15, 0.2) is 48.2 Å². The van der Waals surface area contributed by atoms with Gasteiger partial charge in [-0.25, -0.2) is 0 Å². The molecule has 0 aliphatic carbocycles. The molecule has 0 heterocycles. The third-order valence-electron chi connectivity index (χ3n) is 2.71. The molecule has 0 spiro atoms. The summed E-state index contributed by atoms with van der Waals surface area (Å²) in [5.41, 5.74) is 2.49. The average Bonchev–Trinajstić information content (AvgIpc) is 2.39. The van der Waals surface area contributed by atoms with E-state index < -0.39 is 0 Å².